The maximum Gasteiger partial charge on any atom is 0.437 e. The molecule has 0 saturated carbocycles. The number of carbonyl (C=O) groups is 1. The Bertz CT molecular complexity index is 962. The highest BCUT2D eigenvalue weighted by molar-refractivity contribution is 7.99. The second-order valence-electron chi connectivity index (χ2n) is 5.92. The van der Waals surface area contributed by atoms with Crippen molar-refractivity contribution >= 4 is 29.0 Å². The quantitative estimate of drug-likeness (QED) is 0.727. The normalized spacial score (nSPS) is 16.2. The van der Waals surface area contributed by atoms with Gasteiger partial charge in [0.2, 0.25) is 5.91 Å². The fourth-order valence-corrected chi connectivity index (χ4v) is 4.68. The fourth-order valence-electron chi connectivity index (χ4n) is 2.91. The highest BCUT2D eigenvalue weighted by atomic mass is 32.2. The number of nitrogens with one attached hydrogen (secondary N) is 1. The number of carbonyl (C=O) groups excluding carboxylic acids is 1. The molecule has 1 amide bonds. The van der Waals surface area contributed by atoms with Gasteiger partial charge in [0.1, 0.15) is 0 Å². The summed E-state index contributed by atoms with van der Waals surface area (Å²) >= 11 is 3.26. The lowest BCUT2D eigenvalue weighted by Crippen LogP contribution is -2.32. The van der Waals surface area contributed by atoms with Crippen LogP contribution in [0, 0.1) is 0 Å². The van der Waals surface area contributed by atoms with Crippen molar-refractivity contribution in [2.75, 3.05) is 5.75 Å². The van der Waals surface area contributed by atoms with Crippen LogP contribution in [0.4, 0.5) is 0 Å². The third kappa shape index (κ3) is 3.61. The summed E-state index contributed by atoms with van der Waals surface area (Å²) in [7, 11) is 0. The molecule has 3 heterocycles. The molecule has 2 aromatic heterocycles. The number of aryl methyl sites for hydroxylation is 1. The molecule has 0 bridgehead atoms. The first kappa shape index (κ1) is 17.1. The number of nitrogens with zero attached hydrogens (tertiary/aromatic N) is 2. The molecule has 0 aliphatic carbocycles. The summed E-state index contributed by atoms with van der Waals surface area (Å²) in [5.41, 5.74) is 1.16. The van der Waals surface area contributed by atoms with Gasteiger partial charge < -0.3 is 9.73 Å². The number of hydrogen-bond donors (Lipinski definition) is 1. The molecule has 0 radical (unpaired) electrons. The lowest BCUT2D eigenvalue weighted by Gasteiger charge is -2.25. The largest absolute Gasteiger partial charge is 0.437 e. The van der Waals surface area contributed by atoms with Crippen molar-refractivity contribution in [1.29, 1.82) is 0 Å². The fraction of sp³-hybridized carbons (Fsp3) is 0.278. The first-order valence-corrected chi connectivity index (χ1v) is 10.2. The predicted molar refractivity (Wildman–Crippen MR) is 101 cm³/mol. The Morgan fingerprint density at radius 1 is 1.31 bits per heavy atom. The van der Waals surface area contributed by atoms with Crippen molar-refractivity contribution in [2.24, 2.45) is 0 Å². The lowest BCUT2D eigenvalue weighted by atomic mass is 10.0. The molecule has 26 heavy (non-hydrogen) atoms. The van der Waals surface area contributed by atoms with E-state index in [0.29, 0.717) is 5.89 Å². The van der Waals surface area contributed by atoms with Crippen LogP contribution in [0.2, 0.25) is 0 Å². The molecule has 0 fully saturated rings. The second kappa shape index (κ2) is 7.51. The van der Waals surface area contributed by atoms with Gasteiger partial charge in [0.25, 0.3) is 5.89 Å². The molecule has 1 atom stereocenters. The maximum atomic E-state index is 12.4. The molecule has 3 aromatic rings. The van der Waals surface area contributed by atoms with Crippen LogP contribution < -0.4 is 11.1 Å². The van der Waals surface area contributed by atoms with E-state index < -0.39 is 5.76 Å². The summed E-state index contributed by atoms with van der Waals surface area (Å²) < 4.78 is 6.37. The Kier molecular flexibility index (Phi) is 4.94. The predicted octanol–water partition coefficient (Wildman–Crippen LogP) is 3.31. The Morgan fingerprint density at radius 2 is 2.19 bits per heavy atom. The van der Waals surface area contributed by atoms with Crippen molar-refractivity contribution in [3.05, 3.63) is 57.9 Å². The van der Waals surface area contributed by atoms with Crippen molar-refractivity contribution in [2.45, 2.75) is 30.3 Å². The number of hydrogen-bond acceptors (Lipinski definition) is 6. The minimum absolute atomic E-state index is 0.0238. The molecule has 1 aromatic carbocycles. The van der Waals surface area contributed by atoms with Gasteiger partial charge >= 0.3 is 5.76 Å². The smallest absolute Gasteiger partial charge is 0.387 e. The number of thioether (sulfide) groups is 1. The number of fused-ring (bicyclic) bond motifs is 1. The number of amides is 1. The topological polar surface area (TPSA) is 77.1 Å². The average Bonchev–Trinajstić information content (AvgIpc) is 3.30. The van der Waals surface area contributed by atoms with E-state index in [0.717, 1.165) is 22.6 Å². The molecule has 0 spiro atoms. The van der Waals surface area contributed by atoms with Crippen molar-refractivity contribution < 1.29 is 9.21 Å². The highest BCUT2D eigenvalue weighted by Gasteiger charge is 2.22. The Hall–Kier alpha value is -2.32. The lowest BCUT2D eigenvalue weighted by molar-refractivity contribution is -0.122. The molecule has 4 rings (SSSR count). The van der Waals surface area contributed by atoms with Gasteiger partial charge in [0.15, 0.2) is 0 Å². The maximum absolute atomic E-state index is 12.4. The van der Waals surface area contributed by atoms with Crippen molar-refractivity contribution in [3.8, 4) is 10.8 Å². The molecule has 8 heteroatoms. The van der Waals surface area contributed by atoms with E-state index in [9.17, 15) is 9.59 Å². The monoisotopic (exact) mass is 387 g/mol. The molecule has 0 saturated heterocycles. The minimum atomic E-state index is -0.541. The third-order valence-electron chi connectivity index (χ3n) is 4.18. The summed E-state index contributed by atoms with van der Waals surface area (Å²) in [5.74, 6) is 0.642. The summed E-state index contributed by atoms with van der Waals surface area (Å²) in [6.07, 6.45) is 1.09. The van der Waals surface area contributed by atoms with Crippen molar-refractivity contribution in [1.82, 2.24) is 15.1 Å². The van der Waals surface area contributed by atoms with Crippen molar-refractivity contribution in [3.63, 3.8) is 0 Å². The minimum Gasteiger partial charge on any atom is -0.387 e. The third-order valence-corrected chi connectivity index (χ3v) is 6.16. The molecule has 1 aliphatic heterocycles. The van der Waals surface area contributed by atoms with E-state index in [2.05, 4.69) is 22.5 Å². The molecular formula is C18H17N3O3S2. The van der Waals surface area contributed by atoms with Crippen LogP contribution in [-0.2, 0) is 11.3 Å². The SMILES string of the molecule is O=C(CCn1nc(-c2cccs2)oc1=O)N[C@H]1CCSc2ccccc21. The molecule has 134 valence electrons. The van der Waals surface area contributed by atoms with Crippen LogP contribution in [0.3, 0.4) is 0 Å². The first-order valence-electron chi connectivity index (χ1n) is 8.33. The summed E-state index contributed by atoms with van der Waals surface area (Å²) in [6.45, 7) is 0.197. The zero-order valence-corrected chi connectivity index (χ0v) is 15.5. The number of aromatic nitrogens is 2. The van der Waals surface area contributed by atoms with Crippen LogP contribution in [0.15, 0.2) is 55.9 Å². The summed E-state index contributed by atoms with van der Waals surface area (Å²) in [6, 6.07) is 11.9. The van der Waals surface area contributed by atoms with Gasteiger partial charge in [-0.1, -0.05) is 24.3 Å². The van der Waals surface area contributed by atoms with E-state index in [-0.39, 0.29) is 24.9 Å². The highest BCUT2D eigenvalue weighted by Crippen LogP contribution is 2.35. The Balaban J connectivity index is 1.39. The van der Waals surface area contributed by atoms with Gasteiger partial charge in [-0.25, -0.2) is 4.79 Å². The van der Waals surface area contributed by atoms with Crippen LogP contribution >= 0.6 is 23.1 Å². The number of benzene rings is 1. The Labute approximate surface area is 158 Å². The summed E-state index contributed by atoms with van der Waals surface area (Å²) in [5, 5.41) is 9.14. The molecular weight excluding hydrogens is 370 g/mol. The van der Waals surface area contributed by atoms with Gasteiger partial charge in [-0.15, -0.1) is 28.2 Å². The van der Waals surface area contributed by atoms with Gasteiger partial charge in [0, 0.05) is 17.1 Å². The molecule has 6 nitrogen and oxygen atoms in total. The zero-order chi connectivity index (χ0) is 17.9. The molecule has 1 N–H and O–H groups in total. The van der Waals surface area contributed by atoms with Crippen LogP contribution in [-0.4, -0.2) is 21.4 Å². The van der Waals surface area contributed by atoms with E-state index in [1.54, 1.807) is 0 Å². The molecule has 0 unspecified atom stereocenters. The second-order valence-corrected chi connectivity index (χ2v) is 8.00. The van der Waals surface area contributed by atoms with Crippen LogP contribution in [0.1, 0.15) is 24.4 Å². The number of rotatable bonds is 5. The zero-order valence-electron chi connectivity index (χ0n) is 13.9. The van der Waals surface area contributed by atoms with E-state index >= 15 is 0 Å². The summed E-state index contributed by atoms with van der Waals surface area (Å²) in [4.78, 5) is 26.3. The van der Waals surface area contributed by atoms with Gasteiger partial charge in [-0.05, 0) is 29.5 Å². The van der Waals surface area contributed by atoms with Gasteiger partial charge in [-0.2, -0.15) is 4.68 Å². The van der Waals surface area contributed by atoms with E-state index in [4.69, 9.17) is 4.42 Å². The molecule has 1 aliphatic rings. The van der Waals surface area contributed by atoms with Crippen LogP contribution in [0.5, 0.6) is 0 Å². The van der Waals surface area contributed by atoms with Crippen LogP contribution in [0.25, 0.3) is 10.8 Å². The van der Waals surface area contributed by atoms with E-state index in [1.807, 2.05) is 41.4 Å². The average molecular weight is 387 g/mol. The number of thiophene rings is 1. The first-order chi connectivity index (χ1) is 12.7. The standard InChI is InChI=1S/C18H17N3O3S2/c22-16(19-13-8-11-26-14-5-2-1-4-12(13)14)7-9-21-18(23)24-17(20-21)15-6-3-10-25-15/h1-6,10,13H,7-9,11H2,(H,19,22)/t13-/m0/s1. The Morgan fingerprint density at radius 3 is 3.04 bits per heavy atom. The van der Waals surface area contributed by atoms with Gasteiger partial charge in [-0.3, -0.25) is 4.79 Å². The van der Waals surface area contributed by atoms with E-state index in [1.165, 1.54) is 20.9 Å². The van der Waals surface area contributed by atoms with Gasteiger partial charge in [0.05, 0.1) is 17.5 Å².